The van der Waals surface area contributed by atoms with Crippen LogP contribution in [0, 0.1) is 5.82 Å². The number of aryl methyl sites for hydroxylation is 1. The molecule has 0 bridgehead atoms. The molecule has 0 aromatic heterocycles. The largest absolute Gasteiger partial charge is 0.399 e. The Morgan fingerprint density at radius 2 is 1.87 bits per heavy atom. The quantitative estimate of drug-likeness (QED) is 0.737. The zero-order valence-corrected chi connectivity index (χ0v) is 18.3. The van der Waals surface area contributed by atoms with E-state index in [4.69, 9.17) is 17.3 Å². The molecule has 1 unspecified atom stereocenters. The Bertz CT molecular complexity index is 915. The molecule has 2 N–H and O–H groups in total. The Labute approximate surface area is 183 Å². The average molecular weight is 430 g/mol. The Hall–Kier alpha value is -2.37. The van der Waals surface area contributed by atoms with Crippen LogP contribution in [0.2, 0.25) is 5.02 Å². The molecule has 30 heavy (non-hydrogen) atoms. The van der Waals surface area contributed by atoms with Crippen molar-refractivity contribution in [2.24, 2.45) is 5.73 Å². The molecule has 3 rings (SSSR count). The molecule has 2 aromatic rings. The number of carbonyl (C=O) groups excluding carboxylic acids is 1. The van der Waals surface area contributed by atoms with Gasteiger partial charge in [0.15, 0.2) is 0 Å². The van der Waals surface area contributed by atoms with E-state index in [-0.39, 0.29) is 23.8 Å². The number of hydrogen-bond donors (Lipinski definition) is 1. The van der Waals surface area contributed by atoms with Crippen molar-refractivity contribution in [3.05, 3.63) is 76.6 Å². The van der Waals surface area contributed by atoms with E-state index in [1.54, 1.807) is 6.07 Å². The van der Waals surface area contributed by atoms with Crippen molar-refractivity contribution in [1.82, 2.24) is 9.80 Å². The Balaban J connectivity index is 1.60. The number of rotatable bonds is 6. The van der Waals surface area contributed by atoms with E-state index < -0.39 is 0 Å². The van der Waals surface area contributed by atoms with Gasteiger partial charge in [0.05, 0.1) is 0 Å². The molecule has 2 atom stereocenters. The maximum atomic E-state index is 13.2. The lowest BCUT2D eigenvalue weighted by Gasteiger charge is -2.44. The zero-order chi connectivity index (χ0) is 21.8. The number of nitrogens with zero attached hydrogens (tertiary/aromatic N) is 2. The summed E-state index contributed by atoms with van der Waals surface area (Å²) < 4.78 is 13.2. The number of hydrogen-bond acceptors (Lipinski definition) is 3. The first kappa shape index (κ1) is 22.3. The molecule has 2 aromatic carbocycles. The monoisotopic (exact) mass is 429 g/mol. The topological polar surface area (TPSA) is 49.6 Å². The van der Waals surface area contributed by atoms with E-state index in [0.717, 1.165) is 29.8 Å². The second-order valence-electron chi connectivity index (χ2n) is 8.13. The third kappa shape index (κ3) is 5.41. The Kier molecular flexibility index (Phi) is 7.16. The molecule has 1 heterocycles. The highest BCUT2D eigenvalue weighted by Gasteiger charge is 2.31. The molecule has 0 aliphatic carbocycles. The molecule has 0 saturated carbocycles. The predicted molar refractivity (Wildman–Crippen MR) is 120 cm³/mol. The standard InChI is InChI=1S/C24H29ClFN3O/c1-16-14-29(17(2)13-28(16)15-19-4-9-22(26)10-5-19)24(30)11-7-20-6-8-21(25)12-23(20)18(3)27/h4-6,8-10,12,16-17H,3,7,11,13-15,27H2,1-2H3/t16-,17?/m1/s1. The molecule has 1 fully saturated rings. The van der Waals surface area contributed by atoms with Crippen LogP contribution in [0.1, 0.15) is 37.0 Å². The zero-order valence-electron chi connectivity index (χ0n) is 17.6. The lowest BCUT2D eigenvalue weighted by molar-refractivity contribution is -0.137. The van der Waals surface area contributed by atoms with Crippen LogP contribution < -0.4 is 5.73 Å². The van der Waals surface area contributed by atoms with E-state index in [1.807, 2.05) is 29.2 Å². The van der Waals surface area contributed by atoms with Crippen molar-refractivity contribution in [3.8, 4) is 0 Å². The van der Waals surface area contributed by atoms with E-state index >= 15 is 0 Å². The Morgan fingerprint density at radius 3 is 2.53 bits per heavy atom. The minimum absolute atomic E-state index is 0.114. The highest BCUT2D eigenvalue weighted by atomic mass is 35.5. The van der Waals surface area contributed by atoms with Crippen molar-refractivity contribution >= 4 is 23.2 Å². The summed E-state index contributed by atoms with van der Waals surface area (Å²) in [7, 11) is 0. The highest BCUT2D eigenvalue weighted by molar-refractivity contribution is 6.30. The Morgan fingerprint density at radius 1 is 1.17 bits per heavy atom. The van der Waals surface area contributed by atoms with Crippen LogP contribution in [-0.2, 0) is 17.8 Å². The first-order valence-corrected chi connectivity index (χ1v) is 10.6. The maximum Gasteiger partial charge on any atom is 0.223 e. The highest BCUT2D eigenvalue weighted by Crippen LogP contribution is 2.23. The third-order valence-electron chi connectivity index (χ3n) is 5.76. The van der Waals surface area contributed by atoms with Crippen LogP contribution in [-0.4, -0.2) is 40.9 Å². The van der Waals surface area contributed by atoms with Gasteiger partial charge in [0.25, 0.3) is 0 Å². The number of amides is 1. The maximum absolute atomic E-state index is 13.2. The minimum atomic E-state index is -0.224. The second kappa shape index (κ2) is 9.63. The molecule has 1 saturated heterocycles. The molecule has 4 nitrogen and oxygen atoms in total. The summed E-state index contributed by atoms with van der Waals surface area (Å²) in [5.41, 5.74) is 9.20. The van der Waals surface area contributed by atoms with Gasteiger partial charge in [-0.1, -0.05) is 36.4 Å². The SMILES string of the molecule is C=C(N)c1cc(Cl)ccc1CCC(=O)N1C[C@@H](C)N(Cc2ccc(F)cc2)CC1C. The fourth-order valence-corrected chi connectivity index (χ4v) is 4.21. The number of carbonyl (C=O) groups is 1. The van der Waals surface area contributed by atoms with Crippen LogP contribution in [0.25, 0.3) is 5.70 Å². The molecule has 160 valence electrons. The van der Waals surface area contributed by atoms with Crippen LogP contribution >= 0.6 is 11.6 Å². The van der Waals surface area contributed by atoms with E-state index in [9.17, 15) is 9.18 Å². The number of nitrogens with two attached hydrogens (primary N) is 1. The van der Waals surface area contributed by atoms with Gasteiger partial charge in [-0.05, 0) is 55.7 Å². The van der Waals surface area contributed by atoms with Crippen molar-refractivity contribution in [1.29, 1.82) is 0 Å². The molecular formula is C24H29ClFN3O. The predicted octanol–water partition coefficient (Wildman–Crippen LogP) is 4.46. The second-order valence-corrected chi connectivity index (χ2v) is 8.56. The first-order valence-electron chi connectivity index (χ1n) is 10.3. The average Bonchev–Trinajstić information content (AvgIpc) is 2.70. The number of piperazine rings is 1. The van der Waals surface area contributed by atoms with Crippen LogP contribution in [0.3, 0.4) is 0 Å². The summed E-state index contributed by atoms with van der Waals surface area (Å²) in [6, 6.07) is 12.5. The van der Waals surface area contributed by atoms with Crippen molar-refractivity contribution in [3.63, 3.8) is 0 Å². The van der Waals surface area contributed by atoms with Gasteiger partial charge in [0, 0.05) is 54.4 Å². The van der Waals surface area contributed by atoms with Gasteiger partial charge in [-0.25, -0.2) is 4.39 Å². The van der Waals surface area contributed by atoms with Gasteiger partial charge in [0.2, 0.25) is 5.91 Å². The van der Waals surface area contributed by atoms with Gasteiger partial charge in [-0.2, -0.15) is 0 Å². The van der Waals surface area contributed by atoms with Crippen molar-refractivity contribution in [2.75, 3.05) is 13.1 Å². The number of benzene rings is 2. The normalized spacial score (nSPS) is 19.7. The van der Waals surface area contributed by atoms with Gasteiger partial charge in [-0.3, -0.25) is 9.69 Å². The molecular weight excluding hydrogens is 401 g/mol. The van der Waals surface area contributed by atoms with Gasteiger partial charge < -0.3 is 10.6 Å². The summed E-state index contributed by atoms with van der Waals surface area (Å²) in [4.78, 5) is 17.3. The molecule has 0 radical (unpaired) electrons. The lowest BCUT2D eigenvalue weighted by Crippen LogP contribution is -2.57. The van der Waals surface area contributed by atoms with Gasteiger partial charge >= 0.3 is 0 Å². The molecule has 1 amide bonds. The summed E-state index contributed by atoms with van der Waals surface area (Å²) in [6.07, 6.45) is 1.01. The van der Waals surface area contributed by atoms with Crippen molar-refractivity contribution < 1.29 is 9.18 Å². The summed E-state index contributed by atoms with van der Waals surface area (Å²) in [6.45, 7) is 10.2. The summed E-state index contributed by atoms with van der Waals surface area (Å²) in [5, 5.41) is 0.603. The molecule has 1 aliphatic rings. The molecule has 0 spiro atoms. The minimum Gasteiger partial charge on any atom is -0.399 e. The van der Waals surface area contributed by atoms with Gasteiger partial charge in [-0.15, -0.1) is 0 Å². The van der Waals surface area contributed by atoms with E-state index in [0.29, 0.717) is 30.1 Å². The molecule has 6 heteroatoms. The van der Waals surface area contributed by atoms with Gasteiger partial charge in [0.1, 0.15) is 5.82 Å². The van der Waals surface area contributed by atoms with Crippen molar-refractivity contribution in [2.45, 2.75) is 45.3 Å². The number of halogens is 2. The van der Waals surface area contributed by atoms with Crippen LogP contribution in [0.15, 0.2) is 49.0 Å². The smallest absolute Gasteiger partial charge is 0.223 e. The van der Waals surface area contributed by atoms with E-state index in [2.05, 4.69) is 25.3 Å². The third-order valence-corrected chi connectivity index (χ3v) is 6.00. The fraction of sp³-hybridized carbons (Fsp3) is 0.375. The molecule has 1 aliphatic heterocycles. The fourth-order valence-electron chi connectivity index (χ4n) is 4.04. The van der Waals surface area contributed by atoms with Crippen LogP contribution in [0.4, 0.5) is 4.39 Å². The van der Waals surface area contributed by atoms with E-state index in [1.165, 1.54) is 12.1 Å². The van der Waals surface area contributed by atoms with Crippen LogP contribution in [0.5, 0.6) is 0 Å². The summed E-state index contributed by atoms with van der Waals surface area (Å²) in [5.74, 6) is -0.0862. The lowest BCUT2D eigenvalue weighted by atomic mass is 10.00. The summed E-state index contributed by atoms with van der Waals surface area (Å²) >= 11 is 6.06. The first-order chi connectivity index (χ1) is 14.2.